The van der Waals surface area contributed by atoms with Crippen LogP contribution in [0.4, 0.5) is 0 Å². The van der Waals surface area contributed by atoms with Gasteiger partial charge < -0.3 is 10.6 Å². The van der Waals surface area contributed by atoms with E-state index in [2.05, 4.69) is 15.6 Å². The third-order valence-electron chi connectivity index (χ3n) is 4.53. The molecule has 3 unspecified atom stereocenters. The Morgan fingerprint density at radius 2 is 2.15 bits per heavy atom. The number of hydrogen-bond acceptors (Lipinski definition) is 4. The van der Waals surface area contributed by atoms with Crippen LogP contribution in [-0.2, 0) is 27.4 Å². The highest BCUT2D eigenvalue weighted by atomic mass is 32.2. The molecule has 26 heavy (non-hydrogen) atoms. The van der Waals surface area contributed by atoms with E-state index in [1.165, 1.54) is 6.07 Å². The predicted octanol–water partition coefficient (Wildman–Crippen LogP) is 1.08. The maximum absolute atomic E-state index is 12.1. The first kappa shape index (κ1) is 20.9. The minimum absolute atomic E-state index is 0.0944. The first-order valence-electron chi connectivity index (χ1n) is 8.79. The molecule has 1 saturated carbocycles. The Labute approximate surface area is 158 Å². The SMILES string of the molecule is CCS(=O)C1CCCC(NC(=NC)NCc2cccc(S(N)(=O)=O)c2)C1. The van der Waals surface area contributed by atoms with Crippen LogP contribution in [0.1, 0.15) is 38.2 Å². The molecule has 0 bridgehead atoms. The smallest absolute Gasteiger partial charge is 0.238 e. The van der Waals surface area contributed by atoms with E-state index in [-0.39, 0.29) is 16.2 Å². The van der Waals surface area contributed by atoms with Crippen molar-refractivity contribution in [3.05, 3.63) is 29.8 Å². The van der Waals surface area contributed by atoms with Gasteiger partial charge >= 0.3 is 0 Å². The number of rotatable bonds is 6. The van der Waals surface area contributed by atoms with Gasteiger partial charge in [-0.2, -0.15) is 0 Å². The highest BCUT2D eigenvalue weighted by Gasteiger charge is 2.26. The standard InChI is InChI=1S/C17H28N4O3S2/c1-3-25(22)15-8-5-7-14(11-15)21-17(19-2)20-12-13-6-4-9-16(10-13)26(18,23)24/h4,6,9-10,14-15H,3,5,7-8,11-12H2,1-2H3,(H2,18,23,24)(H2,19,20,21). The summed E-state index contributed by atoms with van der Waals surface area (Å²) >= 11 is 0. The summed E-state index contributed by atoms with van der Waals surface area (Å²) in [5, 5.41) is 12.0. The summed E-state index contributed by atoms with van der Waals surface area (Å²) in [4.78, 5) is 4.33. The Morgan fingerprint density at radius 1 is 1.38 bits per heavy atom. The lowest BCUT2D eigenvalue weighted by Crippen LogP contribution is -2.46. The van der Waals surface area contributed by atoms with Crippen LogP contribution in [0.2, 0.25) is 0 Å². The number of primary sulfonamides is 1. The van der Waals surface area contributed by atoms with Gasteiger partial charge in [-0.15, -0.1) is 0 Å². The number of nitrogens with one attached hydrogen (secondary N) is 2. The van der Waals surface area contributed by atoms with Crippen LogP contribution in [0.5, 0.6) is 0 Å². The molecule has 0 aliphatic heterocycles. The molecule has 0 heterocycles. The maximum atomic E-state index is 12.1. The molecule has 2 rings (SSSR count). The van der Waals surface area contributed by atoms with Crippen LogP contribution in [0.25, 0.3) is 0 Å². The molecule has 4 N–H and O–H groups in total. The van der Waals surface area contributed by atoms with Gasteiger partial charge in [0.1, 0.15) is 0 Å². The lowest BCUT2D eigenvalue weighted by Gasteiger charge is -2.30. The second kappa shape index (κ2) is 9.48. The Balaban J connectivity index is 1.93. The van der Waals surface area contributed by atoms with Gasteiger partial charge in [0.05, 0.1) is 4.90 Å². The quantitative estimate of drug-likeness (QED) is 0.488. The van der Waals surface area contributed by atoms with Gasteiger partial charge in [-0.1, -0.05) is 25.5 Å². The van der Waals surface area contributed by atoms with Crippen molar-refractivity contribution in [1.82, 2.24) is 10.6 Å². The number of nitrogens with zero attached hydrogens (tertiary/aromatic N) is 1. The zero-order chi connectivity index (χ0) is 19.2. The first-order valence-corrected chi connectivity index (χ1v) is 11.7. The average Bonchev–Trinajstić information content (AvgIpc) is 2.64. The van der Waals surface area contributed by atoms with E-state index in [9.17, 15) is 12.6 Å². The van der Waals surface area contributed by atoms with E-state index in [1.807, 2.05) is 13.0 Å². The number of benzene rings is 1. The second-order valence-corrected chi connectivity index (χ2v) is 9.98. The summed E-state index contributed by atoms with van der Waals surface area (Å²) in [6.45, 7) is 2.39. The molecule has 146 valence electrons. The minimum atomic E-state index is -3.71. The zero-order valence-corrected chi connectivity index (χ0v) is 16.9. The predicted molar refractivity (Wildman–Crippen MR) is 106 cm³/mol. The van der Waals surface area contributed by atoms with Crippen molar-refractivity contribution in [3.63, 3.8) is 0 Å². The van der Waals surface area contributed by atoms with Gasteiger partial charge in [-0.3, -0.25) is 9.20 Å². The van der Waals surface area contributed by atoms with Crippen molar-refractivity contribution < 1.29 is 12.6 Å². The minimum Gasteiger partial charge on any atom is -0.354 e. The normalized spacial score (nSPS) is 22.7. The van der Waals surface area contributed by atoms with Crippen molar-refractivity contribution in [1.29, 1.82) is 0 Å². The fraction of sp³-hybridized carbons (Fsp3) is 0.588. The van der Waals surface area contributed by atoms with Crippen molar-refractivity contribution in [2.45, 2.75) is 55.3 Å². The van der Waals surface area contributed by atoms with E-state index >= 15 is 0 Å². The zero-order valence-electron chi connectivity index (χ0n) is 15.3. The van der Waals surface area contributed by atoms with Crippen LogP contribution < -0.4 is 15.8 Å². The van der Waals surface area contributed by atoms with Crippen LogP contribution >= 0.6 is 0 Å². The first-order chi connectivity index (χ1) is 12.3. The van der Waals surface area contributed by atoms with Crippen LogP contribution in [0.3, 0.4) is 0 Å². The van der Waals surface area contributed by atoms with Gasteiger partial charge in [0.2, 0.25) is 10.0 Å². The molecule has 1 aliphatic rings. The van der Waals surface area contributed by atoms with Gasteiger partial charge in [0, 0.05) is 41.4 Å². The molecule has 9 heteroatoms. The fourth-order valence-corrected chi connectivity index (χ4v) is 5.09. The number of guanidine groups is 1. The molecular formula is C17H28N4O3S2. The lowest BCUT2D eigenvalue weighted by molar-refractivity contribution is 0.413. The van der Waals surface area contributed by atoms with E-state index < -0.39 is 20.8 Å². The molecule has 0 amide bonds. The Bertz CT molecular complexity index is 765. The topological polar surface area (TPSA) is 114 Å². The van der Waals surface area contributed by atoms with Crippen molar-refractivity contribution in [2.75, 3.05) is 12.8 Å². The largest absolute Gasteiger partial charge is 0.354 e. The van der Waals surface area contributed by atoms with Gasteiger partial charge in [0.15, 0.2) is 5.96 Å². The maximum Gasteiger partial charge on any atom is 0.238 e. The molecule has 0 spiro atoms. The number of hydrogen-bond donors (Lipinski definition) is 3. The third kappa shape index (κ3) is 6.07. The molecule has 1 aliphatic carbocycles. The lowest BCUT2D eigenvalue weighted by atomic mass is 9.95. The summed E-state index contributed by atoms with van der Waals surface area (Å²) in [6.07, 6.45) is 3.98. The number of sulfonamides is 1. The summed E-state index contributed by atoms with van der Waals surface area (Å²) in [5.41, 5.74) is 0.799. The van der Waals surface area contributed by atoms with Crippen molar-refractivity contribution >= 4 is 26.8 Å². The summed E-state index contributed by atoms with van der Waals surface area (Å²) in [5.74, 6) is 1.35. The van der Waals surface area contributed by atoms with E-state index in [0.717, 1.165) is 31.2 Å². The van der Waals surface area contributed by atoms with Crippen LogP contribution in [0, 0.1) is 0 Å². The molecule has 0 aromatic heterocycles. The molecule has 1 fully saturated rings. The van der Waals surface area contributed by atoms with Crippen LogP contribution in [0.15, 0.2) is 34.2 Å². The summed E-state index contributed by atoms with van der Waals surface area (Å²) in [7, 11) is -2.78. The van der Waals surface area contributed by atoms with Gasteiger partial charge in [-0.25, -0.2) is 13.6 Å². The van der Waals surface area contributed by atoms with E-state index in [1.54, 1.807) is 19.2 Å². The van der Waals surface area contributed by atoms with Crippen LogP contribution in [-0.4, -0.2) is 42.7 Å². The van der Waals surface area contributed by atoms with Gasteiger partial charge in [0.25, 0.3) is 0 Å². The fourth-order valence-electron chi connectivity index (χ4n) is 3.16. The molecule has 7 nitrogen and oxygen atoms in total. The molecule has 3 atom stereocenters. The Morgan fingerprint density at radius 3 is 2.81 bits per heavy atom. The highest BCUT2D eigenvalue weighted by molar-refractivity contribution is 7.89. The molecule has 1 aromatic carbocycles. The Hall–Kier alpha value is -1.45. The highest BCUT2D eigenvalue weighted by Crippen LogP contribution is 2.23. The average molecular weight is 401 g/mol. The van der Waals surface area contributed by atoms with E-state index in [0.29, 0.717) is 18.3 Å². The summed E-state index contributed by atoms with van der Waals surface area (Å²) < 4.78 is 35.0. The number of aliphatic imine (C=N–C) groups is 1. The third-order valence-corrected chi connectivity index (χ3v) is 7.19. The molecule has 1 aromatic rings. The van der Waals surface area contributed by atoms with Crippen molar-refractivity contribution in [2.24, 2.45) is 10.1 Å². The Kier molecular flexibility index (Phi) is 7.60. The van der Waals surface area contributed by atoms with Gasteiger partial charge in [-0.05, 0) is 37.0 Å². The second-order valence-electron chi connectivity index (χ2n) is 6.42. The molecular weight excluding hydrogens is 372 g/mol. The molecule has 0 saturated heterocycles. The molecule has 0 radical (unpaired) electrons. The van der Waals surface area contributed by atoms with Crippen molar-refractivity contribution in [3.8, 4) is 0 Å². The monoisotopic (exact) mass is 400 g/mol. The summed E-state index contributed by atoms with van der Waals surface area (Å²) in [6, 6.07) is 6.76. The van der Waals surface area contributed by atoms with E-state index in [4.69, 9.17) is 5.14 Å². The number of nitrogens with two attached hydrogens (primary N) is 1.